The number of nitrogens with one attached hydrogen (secondary N) is 2. The summed E-state index contributed by atoms with van der Waals surface area (Å²) in [7, 11) is -8.96. The molecule has 0 amide bonds. The summed E-state index contributed by atoms with van der Waals surface area (Å²) >= 11 is 0. The lowest BCUT2D eigenvalue weighted by molar-refractivity contribution is -0.137. The summed E-state index contributed by atoms with van der Waals surface area (Å²) in [5.41, 5.74) is -1.45. The number of primary sulfonamides is 1. The minimum absolute atomic E-state index is 0.0771. The fourth-order valence-corrected chi connectivity index (χ4v) is 4.74. The monoisotopic (exact) mass is 421 g/mol. The molecular formula is C15H14F3N3O4S2. The predicted octanol–water partition coefficient (Wildman–Crippen LogP) is 1.63. The van der Waals surface area contributed by atoms with E-state index >= 15 is 0 Å². The Kier molecular flexibility index (Phi) is 4.70. The van der Waals surface area contributed by atoms with Crippen molar-refractivity contribution in [3.05, 3.63) is 53.6 Å². The number of hydrogen-bond donors (Lipinski definition) is 3. The van der Waals surface area contributed by atoms with Gasteiger partial charge in [0.15, 0.2) is 0 Å². The molecule has 2 aromatic rings. The molecule has 12 heteroatoms. The van der Waals surface area contributed by atoms with E-state index in [2.05, 4.69) is 10.0 Å². The Morgan fingerprint density at radius 2 is 1.74 bits per heavy atom. The van der Waals surface area contributed by atoms with Crippen LogP contribution in [0.3, 0.4) is 0 Å². The minimum Gasteiger partial charge on any atom is -0.367 e. The highest BCUT2D eigenvalue weighted by Crippen LogP contribution is 2.41. The normalized spacial score (nSPS) is 19.2. The number of alkyl halides is 3. The Morgan fingerprint density at radius 1 is 1.11 bits per heavy atom. The van der Waals surface area contributed by atoms with Gasteiger partial charge in [0.25, 0.3) is 0 Å². The predicted molar refractivity (Wildman–Crippen MR) is 90.7 cm³/mol. The number of benzene rings is 2. The Morgan fingerprint density at radius 3 is 2.30 bits per heavy atom. The van der Waals surface area contributed by atoms with E-state index in [-0.39, 0.29) is 6.42 Å². The van der Waals surface area contributed by atoms with Crippen molar-refractivity contribution in [1.82, 2.24) is 4.72 Å². The third kappa shape index (κ3) is 4.08. The molecule has 1 unspecified atom stereocenters. The molecule has 2 aromatic carbocycles. The number of sulfonamides is 2. The fraction of sp³-hybridized carbons (Fsp3) is 0.200. The van der Waals surface area contributed by atoms with Crippen molar-refractivity contribution in [3.8, 4) is 0 Å². The molecule has 0 bridgehead atoms. The number of rotatable bonds is 3. The molecule has 7 nitrogen and oxygen atoms in total. The van der Waals surface area contributed by atoms with Gasteiger partial charge in [0.05, 0.1) is 22.3 Å². The zero-order valence-electron chi connectivity index (χ0n) is 13.5. The summed E-state index contributed by atoms with van der Waals surface area (Å²) in [5.74, 6) is 0. The van der Waals surface area contributed by atoms with E-state index in [1.54, 1.807) is 30.3 Å². The lowest BCUT2D eigenvalue weighted by Crippen LogP contribution is -2.46. The van der Waals surface area contributed by atoms with Gasteiger partial charge in [-0.3, -0.25) is 0 Å². The van der Waals surface area contributed by atoms with Crippen molar-refractivity contribution >= 4 is 25.7 Å². The number of hydrogen-bond acceptors (Lipinski definition) is 5. The molecule has 0 radical (unpaired) electrons. The molecule has 146 valence electrons. The molecule has 1 aliphatic rings. The second kappa shape index (κ2) is 6.48. The lowest BCUT2D eigenvalue weighted by atomic mass is 10.1. The van der Waals surface area contributed by atoms with Crippen molar-refractivity contribution in [2.45, 2.75) is 28.6 Å². The maximum Gasteiger partial charge on any atom is 0.418 e. The Balaban J connectivity index is 2.15. The van der Waals surface area contributed by atoms with Crippen LogP contribution in [-0.2, 0) is 32.6 Å². The van der Waals surface area contributed by atoms with Gasteiger partial charge in [0.1, 0.15) is 4.90 Å². The molecule has 3 rings (SSSR count). The smallest absolute Gasteiger partial charge is 0.367 e. The van der Waals surface area contributed by atoms with Crippen molar-refractivity contribution in [3.63, 3.8) is 0 Å². The largest absolute Gasteiger partial charge is 0.418 e. The van der Waals surface area contributed by atoms with Crippen LogP contribution in [0, 0.1) is 0 Å². The first-order valence-electron chi connectivity index (χ1n) is 7.49. The van der Waals surface area contributed by atoms with Gasteiger partial charge in [-0.15, -0.1) is 0 Å². The Bertz CT molecular complexity index is 1090. The minimum atomic E-state index is -5.00. The van der Waals surface area contributed by atoms with E-state index < -0.39 is 53.4 Å². The van der Waals surface area contributed by atoms with Crippen molar-refractivity contribution in [2.24, 2.45) is 5.14 Å². The van der Waals surface area contributed by atoms with Crippen LogP contribution in [0.25, 0.3) is 0 Å². The molecule has 1 aliphatic heterocycles. The standard InChI is InChI=1S/C15H14F3N3O4S2/c16-15(17,18)11-7-10(26(19,22)23)8-12-14(11)20-13(21-27(12,24)25)6-9-4-2-1-3-5-9/h1-5,7-8,13,20-21H,6H2,(H2,19,22,23). The second-order valence-corrected chi connectivity index (χ2v) is 9.14. The first-order valence-corrected chi connectivity index (χ1v) is 10.5. The fourth-order valence-electron chi connectivity index (χ4n) is 2.74. The lowest BCUT2D eigenvalue weighted by Gasteiger charge is -2.30. The first kappa shape index (κ1) is 19.6. The van der Waals surface area contributed by atoms with E-state index in [0.29, 0.717) is 17.7 Å². The van der Waals surface area contributed by atoms with Crippen LogP contribution < -0.4 is 15.2 Å². The maximum atomic E-state index is 13.5. The van der Waals surface area contributed by atoms with Crippen molar-refractivity contribution in [1.29, 1.82) is 0 Å². The summed E-state index contributed by atoms with van der Waals surface area (Å²) < 4.78 is 90.5. The molecule has 0 spiro atoms. The van der Waals surface area contributed by atoms with Crippen molar-refractivity contribution < 1.29 is 30.0 Å². The van der Waals surface area contributed by atoms with Gasteiger partial charge in [-0.1, -0.05) is 30.3 Å². The average molecular weight is 421 g/mol. The maximum absolute atomic E-state index is 13.5. The zero-order valence-corrected chi connectivity index (χ0v) is 15.1. The van der Waals surface area contributed by atoms with Crippen LogP contribution in [0.5, 0.6) is 0 Å². The Labute approximate surface area is 153 Å². The summed E-state index contributed by atoms with van der Waals surface area (Å²) in [4.78, 5) is -1.77. The van der Waals surface area contributed by atoms with Crippen molar-refractivity contribution in [2.75, 3.05) is 5.32 Å². The van der Waals surface area contributed by atoms with Gasteiger partial charge in [-0.05, 0) is 17.7 Å². The quantitative estimate of drug-likeness (QED) is 0.696. The zero-order chi connectivity index (χ0) is 20.0. The molecule has 1 heterocycles. The molecule has 0 aliphatic carbocycles. The van der Waals surface area contributed by atoms with Crippen LogP contribution in [0.4, 0.5) is 18.9 Å². The second-order valence-electron chi connectivity index (χ2n) is 5.89. The number of fused-ring (bicyclic) bond motifs is 1. The van der Waals surface area contributed by atoms with Crippen LogP contribution >= 0.6 is 0 Å². The molecule has 0 fully saturated rings. The van der Waals surface area contributed by atoms with E-state index in [0.717, 1.165) is 0 Å². The topological polar surface area (TPSA) is 118 Å². The van der Waals surface area contributed by atoms with Gasteiger partial charge >= 0.3 is 6.18 Å². The summed E-state index contributed by atoms with van der Waals surface area (Å²) in [6, 6.07) is 9.48. The molecule has 4 N–H and O–H groups in total. The summed E-state index contributed by atoms with van der Waals surface area (Å²) in [6.07, 6.45) is -5.97. The van der Waals surface area contributed by atoms with Gasteiger partial charge in [0, 0.05) is 6.42 Å². The van der Waals surface area contributed by atoms with Gasteiger partial charge in [0.2, 0.25) is 20.0 Å². The number of anilines is 1. The average Bonchev–Trinajstić information content (AvgIpc) is 2.52. The van der Waals surface area contributed by atoms with E-state index in [9.17, 15) is 30.0 Å². The van der Waals surface area contributed by atoms with Crippen LogP contribution in [-0.4, -0.2) is 23.0 Å². The van der Waals surface area contributed by atoms with Crippen LogP contribution in [0.1, 0.15) is 11.1 Å². The van der Waals surface area contributed by atoms with Crippen LogP contribution in [0.2, 0.25) is 0 Å². The number of nitrogens with two attached hydrogens (primary N) is 1. The summed E-state index contributed by atoms with van der Waals surface area (Å²) in [6.45, 7) is 0. The highest BCUT2D eigenvalue weighted by Gasteiger charge is 2.41. The molecule has 1 atom stereocenters. The van der Waals surface area contributed by atoms with Gasteiger partial charge in [-0.25, -0.2) is 22.0 Å². The van der Waals surface area contributed by atoms with Gasteiger partial charge < -0.3 is 5.32 Å². The van der Waals surface area contributed by atoms with E-state index in [1.165, 1.54) is 0 Å². The third-order valence-electron chi connectivity index (χ3n) is 3.90. The third-order valence-corrected chi connectivity index (χ3v) is 6.29. The highest BCUT2D eigenvalue weighted by molar-refractivity contribution is 7.90. The number of halogens is 3. The highest BCUT2D eigenvalue weighted by atomic mass is 32.2. The van der Waals surface area contributed by atoms with Crippen LogP contribution in [0.15, 0.2) is 52.3 Å². The molecule has 0 saturated heterocycles. The SMILES string of the molecule is NS(=O)(=O)c1cc(C(F)(F)F)c2c(c1)S(=O)(=O)NC(Cc1ccccc1)N2. The first-order chi connectivity index (χ1) is 12.4. The van der Waals surface area contributed by atoms with Gasteiger partial charge in [-0.2, -0.15) is 17.9 Å². The molecule has 0 aromatic heterocycles. The molecular weight excluding hydrogens is 407 g/mol. The van der Waals surface area contributed by atoms with E-state index in [1.807, 2.05) is 0 Å². The Hall–Kier alpha value is -2.15. The molecule has 0 saturated carbocycles. The summed E-state index contributed by atoms with van der Waals surface area (Å²) in [5, 5.41) is 7.40. The van der Waals surface area contributed by atoms with E-state index in [4.69, 9.17) is 5.14 Å². The molecule has 27 heavy (non-hydrogen) atoms.